The first kappa shape index (κ1) is 17.8. The summed E-state index contributed by atoms with van der Waals surface area (Å²) in [7, 11) is 0. The third-order valence-electron chi connectivity index (χ3n) is 2.96. The molecule has 0 bridgehead atoms. The Morgan fingerprint density at radius 2 is 1.77 bits per heavy atom. The van der Waals surface area contributed by atoms with Gasteiger partial charge in [-0.3, -0.25) is 4.79 Å². The summed E-state index contributed by atoms with van der Waals surface area (Å²) in [4.78, 5) is 22.0. The van der Waals surface area contributed by atoms with E-state index in [1.165, 1.54) is 12.1 Å². The molecule has 122 valence electrons. The summed E-state index contributed by atoms with van der Waals surface area (Å²) >= 11 is 0. The largest absolute Gasteiger partial charge is 0.481 e. The highest BCUT2D eigenvalue weighted by Crippen LogP contribution is 2.31. The first-order valence-corrected chi connectivity index (χ1v) is 6.48. The maximum Gasteiger partial charge on any atom is 0.416 e. The zero-order valence-corrected chi connectivity index (χ0v) is 12.1. The molecule has 0 fully saturated rings. The number of hydrogen-bond donors (Lipinski definition) is 3. The fourth-order valence-corrected chi connectivity index (χ4v) is 1.77. The normalized spacial score (nSPS) is 11.9. The van der Waals surface area contributed by atoms with Crippen LogP contribution in [0.5, 0.6) is 0 Å². The second-order valence-corrected chi connectivity index (χ2v) is 5.23. The summed E-state index contributed by atoms with van der Waals surface area (Å²) in [5, 5.41) is 13.3. The van der Waals surface area contributed by atoms with Crippen LogP contribution in [0.3, 0.4) is 0 Å². The smallest absolute Gasteiger partial charge is 0.416 e. The van der Waals surface area contributed by atoms with Crippen molar-refractivity contribution in [1.29, 1.82) is 0 Å². The lowest BCUT2D eigenvalue weighted by atomic mass is 9.93. The molecule has 0 aromatic heterocycles. The second kappa shape index (κ2) is 6.67. The third-order valence-corrected chi connectivity index (χ3v) is 2.96. The molecule has 0 aliphatic rings. The Labute approximate surface area is 125 Å². The van der Waals surface area contributed by atoms with Crippen molar-refractivity contribution >= 4 is 12.0 Å². The Bertz CT molecular complexity index is 557. The van der Waals surface area contributed by atoms with Gasteiger partial charge in [0, 0.05) is 6.54 Å². The van der Waals surface area contributed by atoms with Crippen LogP contribution in [0.2, 0.25) is 0 Å². The van der Waals surface area contributed by atoms with Crippen molar-refractivity contribution in [1.82, 2.24) is 10.6 Å². The zero-order valence-electron chi connectivity index (χ0n) is 12.1. The number of carbonyl (C=O) groups is 2. The molecule has 0 heterocycles. The first-order valence-electron chi connectivity index (χ1n) is 6.48. The molecule has 0 atom stereocenters. The van der Waals surface area contributed by atoms with Crippen molar-refractivity contribution in [2.24, 2.45) is 0 Å². The molecule has 8 heteroatoms. The topological polar surface area (TPSA) is 78.4 Å². The number of rotatable bonds is 5. The van der Waals surface area contributed by atoms with Crippen molar-refractivity contribution in [2.45, 2.75) is 32.0 Å². The number of carbonyl (C=O) groups excluding carboxylic acids is 1. The van der Waals surface area contributed by atoms with E-state index < -0.39 is 29.3 Å². The highest BCUT2D eigenvalue weighted by Gasteiger charge is 2.32. The first-order chi connectivity index (χ1) is 10.0. The highest BCUT2D eigenvalue weighted by molar-refractivity contribution is 5.76. The number of alkyl halides is 3. The van der Waals surface area contributed by atoms with Gasteiger partial charge in [0.1, 0.15) is 0 Å². The maximum absolute atomic E-state index is 12.7. The molecule has 0 spiro atoms. The Morgan fingerprint density at radius 1 is 1.18 bits per heavy atom. The van der Waals surface area contributed by atoms with Crippen LogP contribution >= 0.6 is 0 Å². The Kier molecular flexibility index (Phi) is 5.40. The Hall–Kier alpha value is -2.25. The molecular weight excluding hydrogens is 301 g/mol. The number of urea groups is 1. The monoisotopic (exact) mass is 318 g/mol. The number of amides is 2. The lowest BCUT2D eigenvalue weighted by molar-refractivity contribution is -0.138. The predicted octanol–water partition coefficient (Wildman–Crippen LogP) is 2.71. The van der Waals surface area contributed by atoms with Crippen LogP contribution in [-0.2, 0) is 16.5 Å². The maximum atomic E-state index is 12.7. The third kappa shape index (κ3) is 5.27. The van der Waals surface area contributed by atoms with Crippen molar-refractivity contribution in [3.63, 3.8) is 0 Å². The number of halogens is 3. The molecule has 22 heavy (non-hydrogen) atoms. The van der Waals surface area contributed by atoms with E-state index in [1.807, 2.05) is 0 Å². The molecule has 0 radical (unpaired) electrons. The van der Waals surface area contributed by atoms with Gasteiger partial charge in [-0.05, 0) is 31.5 Å². The van der Waals surface area contributed by atoms with Crippen LogP contribution < -0.4 is 10.6 Å². The quantitative estimate of drug-likeness (QED) is 0.781. The fourth-order valence-electron chi connectivity index (χ4n) is 1.77. The standard InChI is InChI=1S/C14H17F3N2O3/c1-13(2,19-12(22)18-7-6-11(20)21)9-4-3-5-10(8-9)14(15,16)17/h3-5,8H,6-7H2,1-2H3,(H,20,21)(H2,18,19,22). The Balaban J connectivity index is 2.77. The molecule has 0 unspecified atom stereocenters. The van der Waals surface area contributed by atoms with E-state index in [1.54, 1.807) is 13.8 Å². The van der Waals surface area contributed by atoms with Gasteiger partial charge in [-0.15, -0.1) is 0 Å². The van der Waals surface area contributed by atoms with Gasteiger partial charge in [-0.2, -0.15) is 13.2 Å². The molecule has 0 saturated carbocycles. The van der Waals surface area contributed by atoms with Gasteiger partial charge in [0.25, 0.3) is 0 Å². The predicted molar refractivity (Wildman–Crippen MR) is 73.3 cm³/mol. The molecule has 0 saturated heterocycles. The van der Waals surface area contributed by atoms with Gasteiger partial charge in [0.15, 0.2) is 0 Å². The minimum Gasteiger partial charge on any atom is -0.481 e. The molecule has 1 aromatic carbocycles. The van der Waals surface area contributed by atoms with Crippen LogP contribution in [0, 0.1) is 0 Å². The van der Waals surface area contributed by atoms with E-state index in [9.17, 15) is 22.8 Å². The fraction of sp³-hybridized carbons (Fsp3) is 0.429. The molecule has 3 N–H and O–H groups in total. The number of aliphatic carboxylic acids is 1. The number of benzene rings is 1. The van der Waals surface area contributed by atoms with Gasteiger partial charge in [-0.25, -0.2) is 4.79 Å². The van der Waals surface area contributed by atoms with E-state index >= 15 is 0 Å². The van der Waals surface area contributed by atoms with Gasteiger partial charge in [0.2, 0.25) is 0 Å². The van der Waals surface area contributed by atoms with E-state index in [2.05, 4.69) is 10.6 Å². The SMILES string of the molecule is CC(C)(NC(=O)NCCC(=O)O)c1cccc(C(F)(F)F)c1. The Morgan fingerprint density at radius 3 is 2.32 bits per heavy atom. The van der Waals surface area contributed by atoms with Crippen LogP contribution in [0.1, 0.15) is 31.4 Å². The van der Waals surface area contributed by atoms with E-state index in [0.29, 0.717) is 0 Å². The summed E-state index contributed by atoms with van der Waals surface area (Å²) < 4.78 is 38.1. The zero-order chi connectivity index (χ0) is 17.0. The van der Waals surface area contributed by atoms with Crippen molar-refractivity contribution < 1.29 is 27.9 Å². The molecule has 1 rings (SSSR count). The van der Waals surface area contributed by atoms with Crippen molar-refractivity contribution in [3.05, 3.63) is 35.4 Å². The van der Waals surface area contributed by atoms with E-state index in [0.717, 1.165) is 12.1 Å². The summed E-state index contributed by atoms with van der Waals surface area (Å²) in [5.41, 5.74) is -1.56. The second-order valence-electron chi connectivity index (χ2n) is 5.23. The van der Waals surface area contributed by atoms with Crippen LogP contribution in [0.25, 0.3) is 0 Å². The van der Waals surface area contributed by atoms with Crippen LogP contribution in [-0.4, -0.2) is 23.7 Å². The van der Waals surface area contributed by atoms with Gasteiger partial charge in [-0.1, -0.05) is 12.1 Å². The minimum absolute atomic E-state index is 0.0696. The van der Waals surface area contributed by atoms with Crippen molar-refractivity contribution in [3.8, 4) is 0 Å². The molecule has 0 aliphatic heterocycles. The number of nitrogens with one attached hydrogen (secondary N) is 2. The molecular formula is C14H17F3N2O3. The lowest BCUT2D eigenvalue weighted by Crippen LogP contribution is -2.47. The lowest BCUT2D eigenvalue weighted by Gasteiger charge is -2.27. The van der Waals surface area contributed by atoms with Gasteiger partial charge in [0.05, 0.1) is 17.5 Å². The summed E-state index contributed by atoms with van der Waals surface area (Å²) in [6.45, 7) is 3.04. The van der Waals surface area contributed by atoms with E-state index in [4.69, 9.17) is 5.11 Å². The van der Waals surface area contributed by atoms with Crippen molar-refractivity contribution in [2.75, 3.05) is 6.54 Å². The average Bonchev–Trinajstić information content (AvgIpc) is 2.36. The highest BCUT2D eigenvalue weighted by atomic mass is 19.4. The molecule has 0 aliphatic carbocycles. The number of hydrogen-bond acceptors (Lipinski definition) is 2. The number of carboxylic acids is 1. The molecule has 1 aromatic rings. The van der Waals surface area contributed by atoms with Gasteiger partial charge >= 0.3 is 18.2 Å². The van der Waals surface area contributed by atoms with E-state index in [-0.39, 0.29) is 18.5 Å². The van der Waals surface area contributed by atoms with Gasteiger partial charge < -0.3 is 15.7 Å². The summed E-state index contributed by atoms with van der Waals surface area (Å²) in [6, 6.07) is 4.02. The van der Waals surface area contributed by atoms with Crippen LogP contribution in [0.4, 0.5) is 18.0 Å². The minimum atomic E-state index is -4.46. The summed E-state index contributed by atoms with van der Waals surface area (Å²) in [5.74, 6) is -1.06. The average molecular weight is 318 g/mol. The van der Waals surface area contributed by atoms with Crippen LogP contribution in [0.15, 0.2) is 24.3 Å². The number of carboxylic acid groups (broad SMARTS) is 1. The molecule has 5 nitrogen and oxygen atoms in total. The molecule has 2 amide bonds. The summed E-state index contributed by atoms with van der Waals surface area (Å²) in [6.07, 6.45) is -4.70.